The minimum absolute atomic E-state index is 0. The molecule has 0 fully saturated rings. The Morgan fingerprint density at radius 2 is 0.733 bits per heavy atom. The van der Waals surface area contributed by atoms with E-state index in [1.807, 2.05) is 0 Å². The zero-order valence-electron chi connectivity index (χ0n) is 7.39. The van der Waals surface area contributed by atoms with Crippen LogP contribution in [0.25, 0.3) is 0 Å². The molecule has 0 rings (SSSR count). The summed E-state index contributed by atoms with van der Waals surface area (Å²) in [7, 11) is 0. The Morgan fingerprint density at radius 3 is 0.733 bits per heavy atom. The van der Waals surface area contributed by atoms with Crippen LogP contribution in [0.15, 0.2) is 0 Å². The third-order valence-electron chi connectivity index (χ3n) is 0. The van der Waals surface area contributed by atoms with Crippen LogP contribution in [-0.4, -0.2) is 18.6 Å². The normalized spacial score (nSPS) is 3.93. The molecule has 0 saturated heterocycles. The average Bonchev–Trinajstić information content (AvgIpc) is 0.722. The van der Waals surface area contributed by atoms with E-state index in [1.54, 1.807) is 0 Å². The second-order valence-corrected chi connectivity index (χ2v) is 2.43. The largest absolute Gasteiger partial charge is 6.00 e. The second kappa shape index (κ2) is 51.6. The van der Waals surface area contributed by atoms with E-state index in [-0.39, 0.29) is 170 Å². The fraction of sp³-hybridized carbons (Fsp3) is 0. The summed E-state index contributed by atoms with van der Waals surface area (Å²) in [5, 5.41) is 0. The Bertz CT molecular complexity index is 67.6. The molecule has 0 aromatic rings. The summed E-state index contributed by atoms with van der Waals surface area (Å²) in [6.45, 7) is 0. The van der Waals surface area contributed by atoms with Crippen LogP contribution in [0.4, 0.5) is 0 Å². The van der Waals surface area contributed by atoms with E-state index < -0.39 is 14.5 Å². The van der Waals surface area contributed by atoms with Crippen LogP contribution >= 0.6 is 0 Å². The molecule has 0 aromatic heterocycles. The molecule has 0 saturated carbocycles. The van der Waals surface area contributed by atoms with E-state index in [0.29, 0.717) is 0 Å². The van der Waals surface area contributed by atoms with E-state index in [0.717, 1.165) is 0 Å². The van der Waals surface area contributed by atoms with Gasteiger partial charge in [0.15, 0.2) is 0 Å². The third-order valence-corrected chi connectivity index (χ3v) is 0. The van der Waals surface area contributed by atoms with Crippen LogP contribution in [0, 0.1) is 0 Å². The maximum Gasteiger partial charge on any atom is 6.00 e. The molecule has 10 nitrogen and oxygen atoms in total. The molecule has 0 aromatic carbocycles. The van der Waals surface area contributed by atoms with Crippen molar-refractivity contribution in [3.63, 3.8) is 0 Å². The molecule has 0 unspecified atom stereocenters. The molecule has 0 radical (unpaired) electrons. The predicted molar refractivity (Wildman–Crippen MR) is 12.8 cm³/mol. The Hall–Kier alpha value is 4.34. The minimum Gasteiger partial charge on any atom is -2.00 e. The first-order valence-electron chi connectivity index (χ1n) is 0.748. The first-order chi connectivity index (χ1) is 2.00. The maximum atomic E-state index is 8.72. The zero-order chi connectivity index (χ0) is 4.50. The van der Waals surface area contributed by atoms with Crippen molar-refractivity contribution in [2.45, 2.75) is 0 Å². The molecule has 0 aliphatic carbocycles. The van der Waals surface area contributed by atoms with Crippen molar-refractivity contribution < 1.29 is 186 Å². The molecule has 0 spiro atoms. The Kier molecular flexibility index (Phi) is 322. The van der Waals surface area contributed by atoms with E-state index >= 15 is 0 Å². The van der Waals surface area contributed by atoms with Gasteiger partial charge in [0.25, 0.3) is 0 Å². The topological polar surface area (TPSA) is 254 Å². The van der Waals surface area contributed by atoms with Gasteiger partial charge in [0.2, 0.25) is 0 Å². The summed E-state index contributed by atoms with van der Waals surface area (Å²) in [5.74, 6) is 0. The summed E-state index contributed by atoms with van der Waals surface area (Å²) in [6.07, 6.45) is 0. The van der Waals surface area contributed by atoms with Crippen LogP contribution in [-0.2, 0) is 71.3 Å². The summed E-state index contributed by atoms with van der Waals surface area (Å²) in [4.78, 5) is 0. The van der Waals surface area contributed by atoms with Gasteiger partial charge in [0, 0.05) is 0 Å². The smallest absolute Gasteiger partial charge is 2.00 e. The van der Waals surface area contributed by atoms with Gasteiger partial charge in [0.05, 0.1) is 0 Å². The van der Waals surface area contributed by atoms with Crippen molar-refractivity contribution in [3.8, 4) is 0 Å². The Labute approximate surface area is 196 Å². The molecule has 15 heavy (non-hydrogen) atoms. The zero-order valence-corrected chi connectivity index (χ0v) is 18.1. The van der Waals surface area contributed by atoms with Crippen LogP contribution in [0.5, 0.6) is 0 Å². The van der Waals surface area contributed by atoms with Gasteiger partial charge in [-0.05, 0) is 0 Å². The van der Waals surface area contributed by atoms with Gasteiger partial charge in [-0.3, -0.25) is 0 Å². The van der Waals surface area contributed by atoms with E-state index in [4.69, 9.17) is 16.0 Å². The monoisotopic (exact) mass is 418 g/mol. The van der Waals surface area contributed by atoms with Crippen molar-refractivity contribution in [3.05, 3.63) is 0 Å². The van der Waals surface area contributed by atoms with Gasteiger partial charge >= 0.3 is 168 Å². The van der Waals surface area contributed by atoms with Crippen LogP contribution < -0.4 is 111 Å². The van der Waals surface area contributed by atoms with Gasteiger partial charge < -0.3 is 32.9 Å². The minimum atomic E-state index is -5.62. The van der Waals surface area contributed by atoms with Crippen LogP contribution in [0.2, 0.25) is 0 Å². The standard InChI is InChI=1S/AsH3O4.2Cr.2K.6O/c2-1(3,4)5;;;;;;;;;;/h(H3,2,3,4,5);;;;;;;;;;/q;2*+6;2*+1;6*-2/p-2. The fourth-order valence-corrected chi connectivity index (χ4v) is 0. The molecule has 0 aliphatic rings. The molecule has 15 heteroatoms. The average molecular weight is 418 g/mol. The summed E-state index contributed by atoms with van der Waals surface area (Å²) in [5.41, 5.74) is 0. The summed E-state index contributed by atoms with van der Waals surface area (Å²) < 4.78 is 33.2. The SMILES string of the molecule is O=[As]([O-])([O-])O.[Cr+6].[Cr+6].[K+].[K+].[O-2].[O-2].[O-2].[O-2].[O-2].[O-2]. The molecule has 0 heterocycles. The van der Waals surface area contributed by atoms with Crippen LogP contribution in [0.1, 0.15) is 0 Å². The molecule has 80 valence electrons. The van der Waals surface area contributed by atoms with E-state index in [1.165, 1.54) is 0 Å². The van der Waals surface area contributed by atoms with Gasteiger partial charge in [-0.15, -0.1) is 0 Å². The van der Waals surface area contributed by atoms with Crippen molar-refractivity contribution in [1.82, 2.24) is 0 Å². The van der Waals surface area contributed by atoms with Crippen molar-refractivity contribution >= 4 is 14.5 Å². The predicted octanol–water partition coefficient (Wildman–Crippen LogP) is -10.1. The molecule has 1 N–H and O–H groups in total. The van der Waals surface area contributed by atoms with Gasteiger partial charge in [0.1, 0.15) is 0 Å². The van der Waals surface area contributed by atoms with Gasteiger partial charge in [-0.25, -0.2) is 0 Å². The Morgan fingerprint density at radius 1 is 0.733 bits per heavy atom. The van der Waals surface area contributed by atoms with E-state index in [2.05, 4.69) is 0 Å². The molecular formula is HAsCr2K2O10. The molecule has 0 bridgehead atoms. The molecule has 0 amide bonds. The number of hydrogen-bond acceptors (Lipinski definition) is 3. The second-order valence-electron chi connectivity index (χ2n) is 0.469. The maximum absolute atomic E-state index is 8.72. The summed E-state index contributed by atoms with van der Waals surface area (Å²) >= 11 is -5.62. The van der Waals surface area contributed by atoms with E-state index in [9.17, 15) is 0 Å². The first kappa shape index (κ1) is 93.6. The molecular weight excluding hydrogens is 417 g/mol. The molecule has 0 aliphatic heterocycles. The quantitative estimate of drug-likeness (QED) is 0.376. The van der Waals surface area contributed by atoms with Crippen molar-refractivity contribution in [2.75, 3.05) is 0 Å². The van der Waals surface area contributed by atoms with Gasteiger partial charge in [-0.2, -0.15) is 0 Å². The van der Waals surface area contributed by atoms with Gasteiger partial charge in [-0.1, -0.05) is 0 Å². The van der Waals surface area contributed by atoms with Crippen molar-refractivity contribution in [2.24, 2.45) is 0 Å². The molecule has 0 atom stereocenters. The Balaban J connectivity index is -0.00000000178. The van der Waals surface area contributed by atoms with Crippen LogP contribution in [0.3, 0.4) is 0 Å². The number of hydrogen-bond donors (Lipinski definition) is 1. The fourth-order valence-electron chi connectivity index (χ4n) is 0. The number of rotatable bonds is 0. The summed E-state index contributed by atoms with van der Waals surface area (Å²) in [6, 6.07) is 0. The third kappa shape index (κ3) is 260. The first-order valence-corrected chi connectivity index (χ1v) is 3.89. The van der Waals surface area contributed by atoms with Crippen molar-refractivity contribution in [1.29, 1.82) is 0 Å².